The van der Waals surface area contributed by atoms with E-state index in [2.05, 4.69) is 35.8 Å². The van der Waals surface area contributed by atoms with E-state index in [1.54, 1.807) is 12.1 Å². The number of hydrogen-bond donors (Lipinski definition) is 2. The number of allylic oxidation sites excluding steroid dienone is 3. The van der Waals surface area contributed by atoms with Crippen LogP contribution in [0.15, 0.2) is 71.7 Å². The maximum absolute atomic E-state index is 12.7. The van der Waals surface area contributed by atoms with Crippen LogP contribution in [-0.4, -0.2) is 23.7 Å². The van der Waals surface area contributed by atoms with E-state index < -0.39 is 0 Å². The summed E-state index contributed by atoms with van der Waals surface area (Å²) in [7, 11) is 0. The zero-order valence-corrected chi connectivity index (χ0v) is 17.7. The molecule has 2 aromatic rings. The molecular weight excluding hydrogens is 396 g/mol. The van der Waals surface area contributed by atoms with Crippen molar-refractivity contribution in [2.45, 2.75) is 24.0 Å². The van der Waals surface area contributed by atoms with Crippen molar-refractivity contribution in [3.05, 3.63) is 72.3 Å². The Morgan fingerprint density at radius 2 is 1.97 bits per heavy atom. The van der Waals surface area contributed by atoms with Gasteiger partial charge >= 0.3 is 0 Å². The topological polar surface area (TPSA) is 67.4 Å². The summed E-state index contributed by atoms with van der Waals surface area (Å²) in [5.41, 5.74) is 1.83. The van der Waals surface area contributed by atoms with Crippen LogP contribution in [0.4, 0.5) is 11.4 Å². The van der Waals surface area contributed by atoms with Crippen LogP contribution in [-0.2, 0) is 4.79 Å². The van der Waals surface area contributed by atoms with E-state index in [0.29, 0.717) is 41.1 Å². The minimum absolute atomic E-state index is 0.0486. The lowest BCUT2D eigenvalue weighted by Crippen LogP contribution is -2.26. The van der Waals surface area contributed by atoms with Gasteiger partial charge in [-0.15, -0.1) is 11.8 Å². The highest BCUT2D eigenvalue weighted by Crippen LogP contribution is 2.36. The standard InChI is InChI=1S/C24H24N2O3S/c1-15-6-3-4-7-18(15)14-29-20-9-5-8-19(13-20)25-24(28)17-10-11-22-21(12-17)26-23(27)16(2)30-22/h3-13,15-16,18H,14H2,1-2H3,(H,25,28)(H,26,27). The van der Waals surface area contributed by atoms with E-state index >= 15 is 0 Å². The number of rotatable bonds is 5. The second-order valence-electron chi connectivity index (χ2n) is 7.55. The van der Waals surface area contributed by atoms with Crippen molar-refractivity contribution in [3.63, 3.8) is 0 Å². The van der Waals surface area contributed by atoms with Gasteiger partial charge in [0.2, 0.25) is 5.91 Å². The van der Waals surface area contributed by atoms with Crippen LogP contribution < -0.4 is 15.4 Å². The van der Waals surface area contributed by atoms with Crippen molar-refractivity contribution in [3.8, 4) is 5.75 Å². The molecule has 0 bridgehead atoms. The number of thioether (sulfide) groups is 1. The molecule has 3 atom stereocenters. The monoisotopic (exact) mass is 420 g/mol. The number of fused-ring (bicyclic) bond motifs is 1. The van der Waals surface area contributed by atoms with Crippen LogP contribution in [0.1, 0.15) is 24.2 Å². The molecule has 1 heterocycles. The zero-order valence-electron chi connectivity index (χ0n) is 16.9. The molecule has 6 heteroatoms. The second-order valence-corrected chi connectivity index (χ2v) is 8.93. The summed E-state index contributed by atoms with van der Waals surface area (Å²) in [6.07, 6.45) is 8.43. The van der Waals surface area contributed by atoms with Gasteiger partial charge in [-0.1, -0.05) is 37.3 Å². The molecule has 154 valence electrons. The Morgan fingerprint density at radius 3 is 2.80 bits per heavy atom. The molecule has 3 unspecified atom stereocenters. The second kappa shape index (κ2) is 8.79. The van der Waals surface area contributed by atoms with E-state index in [0.717, 1.165) is 4.90 Å². The van der Waals surface area contributed by atoms with Crippen LogP contribution >= 0.6 is 11.8 Å². The van der Waals surface area contributed by atoms with E-state index in [4.69, 9.17) is 4.74 Å². The quantitative estimate of drug-likeness (QED) is 0.704. The van der Waals surface area contributed by atoms with Gasteiger partial charge in [-0.05, 0) is 43.2 Å². The molecule has 2 aliphatic rings. The number of amides is 2. The molecule has 5 nitrogen and oxygen atoms in total. The summed E-state index contributed by atoms with van der Waals surface area (Å²) < 4.78 is 5.95. The lowest BCUT2D eigenvalue weighted by Gasteiger charge is -2.22. The zero-order chi connectivity index (χ0) is 21.1. The van der Waals surface area contributed by atoms with Gasteiger partial charge in [0.1, 0.15) is 5.75 Å². The first-order chi connectivity index (χ1) is 14.5. The van der Waals surface area contributed by atoms with E-state index in [1.807, 2.05) is 43.3 Å². The summed E-state index contributed by atoms with van der Waals surface area (Å²) >= 11 is 1.49. The molecule has 1 aliphatic carbocycles. The third kappa shape index (κ3) is 4.60. The highest BCUT2D eigenvalue weighted by atomic mass is 32.2. The number of anilines is 2. The summed E-state index contributed by atoms with van der Waals surface area (Å²) in [4.78, 5) is 25.6. The maximum atomic E-state index is 12.7. The Morgan fingerprint density at radius 1 is 1.13 bits per heavy atom. The molecule has 30 heavy (non-hydrogen) atoms. The average Bonchev–Trinajstić information content (AvgIpc) is 2.74. The van der Waals surface area contributed by atoms with Gasteiger partial charge in [0.05, 0.1) is 17.5 Å². The van der Waals surface area contributed by atoms with Gasteiger partial charge in [-0.2, -0.15) is 0 Å². The Hall–Kier alpha value is -2.99. The minimum Gasteiger partial charge on any atom is -0.493 e. The van der Waals surface area contributed by atoms with Crippen LogP contribution in [0, 0.1) is 11.8 Å². The average molecular weight is 421 g/mol. The van der Waals surface area contributed by atoms with Crippen LogP contribution in [0.3, 0.4) is 0 Å². The molecule has 0 saturated carbocycles. The van der Waals surface area contributed by atoms with Crippen LogP contribution in [0.5, 0.6) is 5.75 Å². The summed E-state index contributed by atoms with van der Waals surface area (Å²) in [6.45, 7) is 4.62. The molecular formula is C24H24N2O3S. The number of carbonyl (C=O) groups excluding carboxylic acids is 2. The van der Waals surface area contributed by atoms with Crippen molar-refractivity contribution in [2.75, 3.05) is 17.2 Å². The van der Waals surface area contributed by atoms with Gasteiger partial charge in [0.15, 0.2) is 0 Å². The van der Waals surface area contributed by atoms with Crippen LogP contribution in [0.2, 0.25) is 0 Å². The molecule has 0 saturated heterocycles. The van der Waals surface area contributed by atoms with Gasteiger partial charge < -0.3 is 15.4 Å². The fourth-order valence-corrected chi connectivity index (χ4v) is 4.31. The number of hydrogen-bond acceptors (Lipinski definition) is 4. The third-order valence-electron chi connectivity index (χ3n) is 5.27. The van der Waals surface area contributed by atoms with Crippen LogP contribution in [0.25, 0.3) is 0 Å². The number of carbonyl (C=O) groups is 2. The fourth-order valence-electron chi connectivity index (χ4n) is 3.38. The van der Waals surface area contributed by atoms with Gasteiger partial charge in [-0.3, -0.25) is 9.59 Å². The van der Waals surface area contributed by atoms with E-state index in [-0.39, 0.29) is 17.1 Å². The Bertz CT molecular complexity index is 1030. The first-order valence-corrected chi connectivity index (χ1v) is 10.9. The van der Waals surface area contributed by atoms with Gasteiger partial charge in [0.25, 0.3) is 5.91 Å². The largest absolute Gasteiger partial charge is 0.493 e. The summed E-state index contributed by atoms with van der Waals surface area (Å²) in [5.74, 6) is 1.20. The predicted molar refractivity (Wildman–Crippen MR) is 121 cm³/mol. The molecule has 0 radical (unpaired) electrons. The molecule has 1 aliphatic heterocycles. The molecule has 0 aromatic heterocycles. The minimum atomic E-state index is -0.234. The lowest BCUT2D eigenvalue weighted by atomic mass is 9.91. The normalized spacial score (nSPS) is 22.2. The SMILES string of the molecule is CC1Sc2ccc(C(=O)Nc3cccc(OCC4C=CC=CC4C)c3)cc2NC1=O. The Balaban J connectivity index is 1.41. The van der Waals surface area contributed by atoms with E-state index in [1.165, 1.54) is 11.8 Å². The van der Waals surface area contributed by atoms with Crippen molar-refractivity contribution >= 4 is 35.0 Å². The number of benzene rings is 2. The molecule has 0 fully saturated rings. The van der Waals surface area contributed by atoms with Gasteiger partial charge in [0, 0.05) is 28.1 Å². The first-order valence-electron chi connectivity index (χ1n) is 10.0. The van der Waals surface area contributed by atoms with Crippen molar-refractivity contribution in [1.82, 2.24) is 0 Å². The highest BCUT2D eigenvalue weighted by Gasteiger charge is 2.23. The van der Waals surface area contributed by atoms with Gasteiger partial charge in [-0.25, -0.2) is 0 Å². The summed E-state index contributed by atoms with van der Waals surface area (Å²) in [5, 5.41) is 5.63. The fraction of sp³-hybridized carbons (Fsp3) is 0.250. The molecule has 2 N–H and O–H groups in total. The van der Waals surface area contributed by atoms with Crippen molar-refractivity contribution in [2.24, 2.45) is 11.8 Å². The Kier molecular flexibility index (Phi) is 5.95. The van der Waals surface area contributed by atoms with Crippen molar-refractivity contribution in [1.29, 1.82) is 0 Å². The molecule has 2 amide bonds. The third-order valence-corrected chi connectivity index (χ3v) is 6.44. The smallest absolute Gasteiger partial charge is 0.255 e. The Labute approximate surface area is 180 Å². The summed E-state index contributed by atoms with van der Waals surface area (Å²) in [6, 6.07) is 12.8. The maximum Gasteiger partial charge on any atom is 0.255 e. The number of nitrogens with one attached hydrogen (secondary N) is 2. The highest BCUT2D eigenvalue weighted by molar-refractivity contribution is 8.00. The van der Waals surface area contributed by atoms with Crippen molar-refractivity contribution < 1.29 is 14.3 Å². The van der Waals surface area contributed by atoms with E-state index in [9.17, 15) is 9.59 Å². The molecule has 4 rings (SSSR count). The molecule has 2 aromatic carbocycles. The molecule has 0 spiro atoms. The lowest BCUT2D eigenvalue weighted by molar-refractivity contribution is -0.115. The number of ether oxygens (including phenoxy) is 1. The predicted octanol–water partition coefficient (Wildman–Crippen LogP) is 5.13. The first kappa shape index (κ1) is 20.3.